The summed E-state index contributed by atoms with van der Waals surface area (Å²) in [5, 5.41) is 18.8. The molecule has 0 aliphatic rings. The second-order valence-corrected chi connectivity index (χ2v) is 2.76. The lowest BCUT2D eigenvalue weighted by atomic mass is 10.2. The summed E-state index contributed by atoms with van der Waals surface area (Å²) in [6.07, 6.45) is 0. The first-order valence-corrected chi connectivity index (χ1v) is 3.59. The lowest BCUT2D eigenvalue weighted by Gasteiger charge is -1.89. The zero-order valence-electron chi connectivity index (χ0n) is 6.53. The van der Waals surface area contributed by atoms with Crippen LogP contribution in [-0.4, -0.2) is 10.2 Å². The number of fused-ring (bicyclic) bond motifs is 1. The maximum absolute atomic E-state index is 9.25. The largest absolute Gasteiger partial charge is 0.501 e. The van der Waals surface area contributed by atoms with E-state index in [1.165, 1.54) is 0 Å². The second-order valence-electron chi connectivity index (χ2n) is 2.76. The fraction of sp³-hybridized carbons (Fsp3) is 0.111. The number of aromatic hydroxyl groups is 2. The first-order valence-electron chi connectivity index (χ1n) is 3.59. The van der Waals surface area contributed by atoms with E-state index in [-0.39, 0.29) is 5.75 Å². The van der Waals surface area contributed by atoms with Crippen LogP contribution in [0.3, 0.4) is 0 Å². The van der Waals surface area contributed by atoms with E-state index in [4.69, 9.17) is 9.52 Å². The second kappa shape index (κ2) is 2.17. The Labute approximate surface area is 68.9 Å². The Morgan fingerprint density at radius 3 is 2.75 bits per heavy atom. The van der Waals surface area contributed by atoms with Gasteiger partial charge in [-0.25, -0.2) is 0 Å². The molecule has 0 spiro atoms. The van der Waals surface area contributed by atoms with E-state index in [0.29, 0.717) is 11.0 Å². The third kappa shape index (κ3) is 0.830. The lowest BCUT2D eigenvalue weighted by molar-refractivity contribution is 0.316. The van der Waals surface area contributed by atoms with Crippen LogP contribution in [0, 0.1) is 6.92 Å². The number of hydrogen-bond donors (Lipinski definition) is 2. The number of furan rings is 1. The van der Waals surface area contributed by atoms with E-state index in [9.17, 15) is 5.11 Å². The molecular formula is C9H8O3. The molecule has 0 fully saturated rings. The molecule has 0 aliphatic heterocycles. The molecule has 1 aromatic carbocycles. The summed E-state index contributed by atoms with van der Waals surface area (Å²) < 4.78 is 4.89. The third-order valence-electron chi connectivity index (χ3n) is 1.80. The van der Waals surface area contributed by atoms with Crippen LogP contribution in [0.25, 0.3) is 11.0 Å². The van der Waals surface area contributed by atoms with Gasteiger partial charge in [0, 0.05) is 0 Å². The van der Waals surface area contributed by atoms with Crippen molar-refractivity contribution < 1.29 is 14.6 Å². The molecule has 62 valence electrons. The van der Waals surface area contributed by atoms with E-state index in [2.05, 4.69) is 0 Å². The van der Waals surface area contributed by atoms with Gasteiger partial charge in [-0.3, -0.25) is 0 Å². The van der Waals surface area contributed by atoms with Crippen molar-refractivity contribution in [3.8, 4) is 11.7 Å². The predicted octanol–water partition coefficient (Wildman–Crippen LogP) is 2.15. The smallest absolute Gasteiger partial charge is 0.327 e. The number of hydrogen-bond acceptors (Lipinski definition) is 3. The van der Waals surface area contributed by atoms with Gasteiger partial charge in [-0.2, -0.15) is 0 Å². The van der Waals surface area contributed by atoms with Gasteiger partial charge in [0.2, 0.25) is 5.75 Å². The molecule has 0 unspecified atom stereocenters. The van der Waals surface area contributed by atoms with E-state index in [1.54, 1.807) is 12.1 Å². The molecule has 3 nitrogen and oxygen atoms in total. The van der Waals surface area contributed by atoms with Crippen LogP contribution in [0.2, 0.25) is 0 Å². The number of benzene rings is 1. The molecule has 0 atom stereocenters. The molecule has 0 saturated heterocycles. The first kappa shape index (κ1) is 7.03. The Kier molecular flexibility index (Phi) is 1.27. The summed E-state index contributed by atoms with van der Waals surface area (Å²) in [5.74, 6) is -0.611. The van der Waals surface area contributed by atoms with Crippen LogP contribution < -0.4 is 0 Å². The van der Waals surface area contributed by atoms with Crippen molar-refractivity contribution in [2.45, 2.75) is 6.92 Å². The summed E-state index contributed by atoms with van der Waals surface area (Å²) in [7, 11) is 0. The van der Waals surface area contributed by atoms with E-state index in [0.717, 1.165) is 5.56 Å². The molecular weight excluding hydrogens is 156 g/mol. The fourth-order valence-corrected chi connectivity index (χ4v) is 1.18. The Morgan fingerprint density at radius 1 is 1.25 bits per heavy atom. The van der Waals surface area contributed by atoms with Crippen LogP contribution in [0.5, 0.6) is 11.7 Å². The summed E-state index contributed by atoms with van der Waals surface area (Å²) >= 11 is 0. The van der Waals surface area contributed by atoms with Crippen LogP contribution in [0.15, 0.2) is 22.6 Å². The minimum Gasteiger partial charge on any atom is -0.501 e. The Hall–Kier alpha value is -1.64. The van der Waals surface area contributed by atoms with Gasteiger partial charge >= 0.3 is 5.95 Å². The van der Waals surface area contributed by atoms with Crippen LogP contribution in [0.1, 0.15) is 5.56 Å². The number of rotatable bonds is 0. The highest BCUT2D eigenvalue weighted by Gasteiger charge is 2.10. The molecule has 12 heavy (non-hydrogen) atoms. The highest BCUT2D eigenvalue weighted by molar-refractivity contribution is 5.86. The molecule has 1 heterocycles. The zero-order chi connectivity index (χ0) is 8.72. The average Bonchev–Trinajstić information content (AvgIpc) is 2.28. The standard InChI is InChI=1S/C9H8O3/c1-5-2-3-6-7(4-5)12-9(11)8(6)10/h2-4,10-11H,1H3. The molecule has 0 saturated carbocycles. The van der Waals surface area contributed by atoms with Gasteiger partial charge in [0.05, 0.1) is 5.39 Å². The summed E-state index contributed by atoms with van der Waals surface area (Å²) in [4.78, 5) is 0. The van der Waals surface area contributed by atoms with Gasteiger partial charge in [0.25, 0.3) is 0 Å². The van der Waals surface area contributed by atoms with Gasteiger partial charge in [0.15, 0.2) is 0 Å². The predicted molar refractivity (Wildman–Crippen MR) is 44.3 cm³/mol. The van der Waals surface area contributed by atoms with Crippen molar-refractivity contribution >= 4 is 11.0 Å². The van der Waals surface area contributed by atoms with Crippen molar-refractivity contribution in [3.05, 3.63) is 23.8 Å². The minimum atomic E-state index is -0.421. The SMILES string of the molecule is Cc1ccc2c(O)c(O)oc2c1. The molecule has 1 aromatic heterocycles. The molecule has 0 bridgehead atoms. The number of aryl methyl sites for hydroxylation is 1. The molecule has 0 amide bonds. The van der Waals surface area contributed by atoms with E-state index >= 15 is 0 Å². The van der Waals surface area contributed by atoms with Gasteiger partial charge < -0.3 is 14.6 Å². The van der Waals surface area contributed by atoms with Gasteiger partial charge in [-0.15, -0.1) is 0 Å². The van der Waals surface area contributed by atoms with Crippen molar-refractivity contribution in [1.29, 1.82) is 0 Å². The molecule has 2 rings (SSSR count). The molecule has 2 aromatic rings. The van der Waals surface area contributed by atoms with E-state index in [1.807, 2.05) is 13.0 Å². The van der Waals surface area contributed by atoms with E-state index < -0.39 is 5.95 Å². The minimum absolute atomic E-state index is 0.190. The Balaban J connectivity index is 2.87. The van der Waals surface area contributed by atoms with Crippen molar-refractivity contribution in [3.63, 3.8) is 0 Å². The maximum Gasteiger partial charge on any atom is 0.327 e. The van der Waals surface area contributed by atoms with Crippen molar-refractivity contribution in [2.24, 2.45) is 0 Å². The van der Waals surface area contributed by atoms with Gasteiger partial charge in [0.1, 0.15) is 5.58 Å². The molecule has 2 N–H and O–H groups in total. The summed E-state index contributed by atoms with van der Waals surface area (Å²) in [5.41, 5.74) is 1.53. The van der Waals surface area contributed by atoms with Gasteiger partial charge in [-0.1, -0.05) is 6.07 Å². The highest BCUT2D eigenvalue weighted by atomic mass is 16.5. The van der Waals surface area contributed by atoms with Gasteiger partial charge in [-0.05, 0) is 24.6 Å². The summed E-state index contributed by atoms with van der Waals surface area (Å²) in [6, 6.07) is 5.31. The normalized spacial score (nSPS) is 10.8. The fourth-order valence-electron chi connectivity index (χ4n) is 1.18. The maximum atomic E-state index is 9.25. The third-order valence-corrected chi connectivity index (χ3v) is 1.80. The van der Waals surface area contributed by atoms with Crippen molar-refractivity contribution in [1.82, 2.24) is 0 Å². The quantitative estimate of drug-likeness (QED) is 0.627. The monoisotopic (exact) mass is 164 g/mol. The highest BCUT2D eigenvalue weighted by Crippen LogP contribution is 2.36. The van der Waals surface area contributed by atoms with Crippen molar-refractivity contribution in [2.75, 3.05) is 0 Å². The topological polar surface area (TPSA) is 53.6 Å². The Bertz CT molecular complexity index is 429. The van der Waals surface area contributed by atoms with Crippen LogP contribution >= 0.6 is 0 Å². The molecule has 0 aliphatic carbocycles. The molecule has 0 radical (unpaired) electrons. The summed E-state index contributed by atoms with van der Waals surface area (Å²) in [6.45, 7) is 1.91. The Morgan fingerprint density at radius 2 is 2.00 bits per heavy atom. The zero-order valence-corrected chi connectivity index (χ0v) is 6.53. The first-order chi connectivity index (χ1) is 5.68. The van der Waals surface area contributed by atoms with Crippen LogP contribution in [0.4, 0.5) is 0 Å². The molecule has 3 heteroatoms. The lowest BCUT2D eigenvalue weighted by Crippen LogP contribution is -1.68. The average molecular weight is 164 g/mol. The van der Waals surface area contributed by atoms with Crippen LogP contribution in [-0.2, 0) is 0 Å².